The average Bonchev–Trinajstić information content (AvgIpc) is 2.62. The highest BCUT2D eigenvalue weighted by Gasteiger charge is 2.49. The van der Waals surface area contributed by atoms with Crippen LogP contribution in [0.1, 0.15) is 26.2 Å². The largest absolute Gasteiger partial charge is 0.464 e. The van der Waals surface area contributed by atoms with Gasteiger partial charge in [0.2, 0.25) is 0 Å². The molecule has 1 rings (SSSR count). The number of hydrazine groups is 1. The molecule has 0 aliphatic heterocycles. The van der Waals surface area contributed by atoms with Crippen molar-refractivity contribution in [2.75, 3.05) is 13.7 Å². The second kappa shape index (κ2) is 5.81. The summed E-state index contributed by atoms with van der Waals surface area (Å²) in [5, 5.41) is 9.87. The molecule has 0 spiro atoms. The molecule has 1 aliphatic rings. The van der Waals surface area contributed by atoms with Gasteiger partial charge in [-0.05, 0) is 26.2 Å². The van der Waals surface area contributed by atoms with Crippen molar-refractivity contribution in [3.05, 3.63) is 0 Å². The molecule has 0 amide bonds. The zero-order chi connectivity index (χ0) is 12.0. The summed E-state index contributed by atoms with van der Waals surface area (Å²) >= 11 is 0. The van der Waals surface area contributed by atoms with Gasteiger partial charge in [-0.2, -0.15) is 0 Å². The van der Waals surface area contributed by atoms with Gasteiger partial charge in [-0.3, -0.25) is 4.99 Å². The number of aliphatic imine (C=N–C) groups is 1. The summed E-state index contributed by atoms with van der Waals surface area (Å²) in [6, 6.07) is 0. The van der Waals surface area contributed by atoms with Crippen LogP contribution in [0.25, 0.3) is 0 Å². The van der Waals surface area contributed by atoms with Gasteiger partial charge >= 0.3 is 5.97 Å². The second-order valence-electron chi connectivity index (χ2n) is 3.71. The van der Waals surface area contributed by atoms with Gasteiger partial charge < -0.3 is 15.3 Å². The molecule has 6 nitrogen and oxygen atoms in total. The number of aliphatic hydroxyl groups is 1. The molecule has 0 radical (unpaired) electrons. The van der Waals surface area contributed by atoms with Crippen molar-refractivity contribution < 1.29 is 14.6 Å². The van der Waals surface area contributed by atoms with E-state index in [0.29, 0.717) is 19.4 Å². The summed E-state index contributed by atoms with van der Waals surface area (Å²) in [6.45, 7) is 2.03. The number of rotatable bonds is 5. The van der Waals surface area contributed by atoms with E-state index in [1.54, 1.807) is 14.0 Å². The van der Waals surface area contributed by atoms with Crippen LogP contribution in [0.5, 0.6) is 0 Å². The molecule has 0 heterocycles. The molecular weight excluding hydrogens is 210 g/mol. The Morgan fingerprint density at radius 2 is 2.50 bits per heavy atom. The third-order valence-electron chi connectivity index (χ3n) is 2.72. The lowest BCUT2D eigenvalue weighted by Crippen LogP contribution is -2.46. The molecule has 6 heteroatoms. The lowest BCUT2D eigenvalue weighted by Gasteiger charge is -2.25. The molecule has 0 bridgehead atoms. The van der Waals surface area contributed by atoms with Crippen molar-refractivity contribution in [1.82, 2.24) is 10.9 Å². The first-order valence-corrected chi connectivity index (χ1v) is 5.48. The van der Waals surface area contributed by atoms with E-state index >= 15 is 0 Å². The number of nitrogens with one attached hydrogen (secondary N) is 2. The van der Waals surface area contributed by atoms with Gasteiger partial charge in [0, 0.05) is 7.05 Å². The Kier molecular flexibility index (Phi) is 4.70. The van der Waals surface area contributed by atoms with Crippen LogP contribution in [0.2, 0.25) is 0 Å². The van der Waals surface area contributed by atoms with E-state index in [0.717, 1.165) is 6.42 Å². The number of carbonyl (C=O) groups excluding carboxylic acids is 1. The van der Waals surface area contributed by atoms with Crippen molar-refractivity contribution in [3.63, 3.8) is 0 Å². The van der Waals surface area contributed by atoms with Crippen LogP contribution < -0.4 is 10.9 Å². The molecule has 0 saturated heterocycles. The molecule has 92 valence electrons. The topological polar surface area (TPSA) is 83.0 Å². The lowest BCUT2D eigenvalue weighted by molar-refractivity contribution is -0.152. The van der Waals surface area contributed by atoms with Gasteiger partial charge in [-0.15, -0.1) is 0 Å². The SMILES string of the molecule is CCOC(=O)C1(N=CNNC)CCCC1O. The van der Waals surface area contributed by atoms with Crippen molar-refractivity contribution in [2.45, 2.75) is 37.8 Å². The third-order valence-corrected chi connectivity index (χ3v) is 2.72. The zero-order valence-electron chi connectivity index (χ0n) is 9.69. The normalized spacial score (nSPS) is 29.6. The highest BCUT2D eigenvalue weighted by molar-refractivity contribution is 5.84. The first kappa shape index (κ1) is 12.9. The Labute approximate surface area is 95.1 Å². The number of aliphatic hydroxyl groups excluding tert-OH is 1. The molecule has 1 fully saturated rings. The molecule has 2 unspecified atom stereocenters. The molecule has 1 aliphatic carbocycles. The number of hydrogen-bond donors (Lipinski definition) is 3. The van der Waals surface area contributed by atoms with Crippen LogP contribution >= 0.6 is 0 Å². The van der Waals surface area contributed by atoms with Crippen LogP contribution in [0.4, 0.5) is 0 Å². The van der Waals surface area contributed by atoms with E-state index in [9.17, 15) is 9.90 Å². The van der Waals surface area contributed by atoms with Gasteiger partial charge in [0.25, 0.3) is 0 Å². The van der Waals surface area contributed by atoms with Gasteiger partial charge in [0.05, 0.1) is 19.0 Å². The highest BCUT2D eigenvalue weighted by atomic mass is 16.5. The second-order valence-corrected chi connectivity index (χ2v) is 3.71. The minimum absolute atomic E-state index is 0.294. The van der Waals surface area contributed by atoms with E-state index < -0.39 is 17.6 Å². The average molecular weight is 229 g/mol. The summed E-state index contributed by atoms with van der Waals surface area (Å²) in [7, 11) is 1.69. The fraction of sp³-hybridized carbons (Fsp3) is 0.800. The van der Waals surface area contributed by atoms with Crippen molar-refractivity contribution >= 4 is 12.3 Å². The fourth-order valence-electron chi connectivity index (χ4n) is 1.88. The molecule has 0 aromatic carbocycles. The summed E-state index contributed by atoms with van der Waals surface area (Å²) < 4.78 is 4.97. The quantitative estimate of drug-likeness (QED) is 0.258. The Bertz CT molecular complexity index is 270. The van der Waals surface area contributed by atoms with E-state index in [4.69, 9.17) is 4.74 Å². The first-order valence-electron chi connectivity index (χ1n) is 5.48. The maximum absolute atomic E-state index is 11.8. The number of ether oxygens (including phenoxy) is 1. The van der Waals surface area contributed by atoms with E-state index in [-0.39, 0.29) is 0 Å². The molecule has 16 heavy (non-hydrogen) atoms. The molecule has 0 aromatic rings. The maximum Gasteiger partial charge on any atom is 0.336 e. The Balaban J connectivity index is 2.80. The van der Waals surface area contributed by atoms with Gasteiger partial charge in [-0.1, -0.05) is 0 Å². The zero-order valence-corrected chi connectivity index (χ0v) is 9.69. The van der Waals surface area contributed by atoms with Crippen LogP contribution in [0.3, 0.4) is 0 Å². The maximum atomic E-state index is 11.8. The number of carbonyl (C=O) groups is 1. The highest BCUT2D eigenvalue weighted by Crippen LogP contribution is 2.34. The number of hydrogen-bond acceptors (Lipinski definition) is 5. The van der Waals surface area contributed by atoms with Crippen molar-refractivity contribution in [3.8, 4) is 0 Å². The number of esters is 1. The summed E-state index contributed by atoms with van der Waals surface area (Å²) in [5.74, 6) is -0.450. The van der Waals surface area contributed by atoms with Crippen LogP contribution in [-0.4, -0.2) is 42.7 Å². The molecule has 0 aromatic heterocycles. The minimum atomic E-state index is -1.13. The first-order chi connectivity index (χ1) is 7.67. The number of nitrogens with zero attached hydrogens (tertiary/aromatic N) is 1. The summed E-state index contributed by atoms with van der Waals surface area (Å²) in [5.41, 5.74) is 4.19. The van der Waals surface area contributed by atoms with Crippen LogP contribution in [-0.2, 0) is 9.53 Å². The fourth-order valence-corrected chi connectivity index (χ4v) is 1.88. The van der Waals surface area contributed by atoms with E-state index in [2.05, 4.69) is 15.8 Å². The molecule has 2 atom stereocenters. The molecule has 3 N–H and O–H groups in total. The Morgan fingerprint density at radius 1 is 1.75 bits per heavy atom. The van der Waals surface area contributed by atoms with E-state index in [1.807, 2.05) is 0 Å². The van der Waals surface area contributed by atoms with Crippen LogP contribution in [0, 0.1) is 0 Å². The Morgan fingerprint density at radius 3 is 3.00 bits per heavy atom. The van der Waals surface area contributed by atoms with Crippen molar-refractivity contribution in [1.29, 1.82) is 0 Å². The predicted molar refractivity (Wildman–Crippen MR) is 59.9 cm³/mol. The summed E-state index contributed by atoms with van der Waals surface area (Å²) in [6.07, 6.45) is 2.49. The monoisotopic (exact) mass is 229 g/mol. The minimum Gasteiger partial charge on any atom is -0.464 e. The smallest absolute Gasteiger partial charge is 0.336 e. The van der Waals surface area contributed by atoms with E-state index in [1.165, 1.54) is 6.34 Å². The van der Waals surface area contributed by atoms with Gasteiger partial charge in [0.15, 0.2) is 5.54 Å². The third kappa shape index (κ3) is 2.51. The van der Waals surface area contributed by atoms with Crippen LogP contribution in [0.15, 0.2) is 4.99 Å². The lowest BCUT2D eigenvalue weighted by atomic mass is 9.96. The standard InChI is InChI=1S/C10H19N3O3/c1-3-16-9(15)10(12-7-13-11-2)6-4-5-8(10)14/h7-8,11,14H,3-6H2,1-2H3,(H,12,13). The predicted octanol–water partition coefficient (Wildman–Crippen LogP) is -0.415. The summed E-state index contributed by atoms with van der Waals surface area (Å²) in [4.78, 5) is 15.9. The Hall–Kier alpha value is -1.14. The molecular formula is C10H19N3O3. The van der Waals surface area contributed by atoms with Gasteiger partial charge in [0.1, 0.15) is 0 Å². The van der Waals surface area contributed by atoms with Crippen molar-refractivity contribution in [2.24, 2.45) is 4.99 Å². The van der Waals surface area contributed by atoms with Gasteiger partial charge in [-0.25, -0.2) is 10.2 Å². The molecule has 1 saturated carbocycles.